The molecule has 3 rings (SSSR count). The van der Waals surface area contributed by atoms with Gasteiger partial charge in [-0.15, -0.1) is 0 Å². The van der Waals surface area contributed by atoms with Crippen molar-refractivity contribution < 1.29 is 47.3 Å². The van der Waals surface area contributed by atoms with Crippen LogP contribution in [0.3, 0.4) is 0 Å². The van der Waals surface area contributed by atoms with Crippen LogP contribution in [0, 0.1) is 17.0 Å². The lowest BCUT2D eigenvalue weighted by molar-refractivity contribution is -0.155. The van der Waals surface area contributed by atoms with E-state index in [1.807, 2.05) is 55.7 Å². The fourth-order valence-electron chi connectivity index (χ4n) is 6.69. The third kappa shape index (κ3) is 17.0. The minimum atomic E-state index is -1.57. The highest BCUT2D eigenvalue weighted by atomic mass is 28.3. The van der Waals surface area contributed by atoms with Crippen molar-refractivity contribution in [1.82, 2.24) is 25.4 Å². The molecule has 0 saturated heterocycles. The van der Waals surface area contributed by atoms with E-state index in [0.717, 1.165) is 23.8 Å². The highest BCUT2D eigenvalue weighted by molar-refractivity contribution is 6.76. The highest BCUT2D eigenvalue weighted by Gasteiger charge is 2.38. The Morgan fingerprint density at radius 2 is 1.55 bits per heavy atom. The first-order valence-corrected chi connectivity index (χ1v) is 24.6. The van der Waals surface area contributed by atoms with Crippen LogP contribution in [-0.4, -0.2) is 103 Å². The average molecular weight is 885 g/mol. The van der Waals surface area contributed by atoms with Crippen molar-refractivity contribution in [2.24, 2.45) is 11.1 Å². The Balaban J connectivity index is 1.90. The number of carbonyl (C=O) groups excluding carboxylic acids is 5. The molecule has 0 spiro atoms. The molecule has 0 fully saturated rings. The van der Waals surface area contributed by atoms with Gasteiger partial charge in [0.05, 0.1) is 18.7 Å². The van der Waals surface area contributed by atoms with Gasteiger partial charge in [0.1, 0.15) is 29.9 Å². The molecule has 1 aromatic heterocycles. The van der Waals surface area contributed by atoms with Gasteiger partial charge in [-0.2, -0.15) is 0 Å². The second-order valence-electron chi connectivity index (χ2n) is 18.7. The summed E-state index contributed by atoms with van der Waals surface area (Å²) in [6, 6.07) is 12.0. The normalized spacial score (nSPS) is 13.4. The molecular formula is C45H66F2N6O8Si. The minimum absolute atomic E-state index is 0.0219. The van der Waals surface area contributed by atoms with Crippen molar-refractivity contribution in [2.45, 2.75) is 117 Å². The second kappa shape index (κ2) is 22.8. The van der Waals surface area contributed by atoms with Crippen LogP contribution in [0.25, 0.3) is 11.1 Å². The third-order valence-corrected chi connectivity index (χ3v) is 11.4. The van der Waals surface area contributed by atoms with Gasteiger partial charge in [0.2, 0.25) is 17.7 Å². The van der Waals surface area contributed by atoms with Crippen molar-refractivity contribution in [1.29, 1.82) is 0 Å². The van der Waals surface area contributed by atoms with Gasteiger partial charge < -0.3 is 45.7 Å². The Morgan fingerprint density at radius 1 is 0.903 bits per heavy atom. The number of amides is 4. The van der Waals surface area contributed by atoms with Crippen LogP contribution in [0.2, 0.25) is 25.7 Å². The number of aliphatic hydroxyl groups is 1. The molecule has 0 radical (unpaired) electrons. The second-order valence-corrected chi connectivity index (χ2v) is 24.3. The van der Waals surface area contributed by atoms with E-state index in [1.165, 1.54) is 4.90 Å². The number of nitrogens with zero attached hydrogens (tertiary/aromatic N) is 2. The summed E-state index contributed by atoms with van der Waals surface area (Å²) >= 11 is 0. The van der Waals surface area contributed by atoms with E-state index in [4.69, 9.17) is 15.2 Å². The number of rotatable bonds is 21. The summed E-state index contributed by atoms with van der Waals surface area (Å²) in [5.41, 5.74) is 6.43. The zero-order valence-electron chi connectivity index (χ0n) is 37.6. The Labute approximate surface area is 365 Å². The quantitative estimate of drug-likeness (QED) is 0.0493. The first kappa shape index (κ1) is 51.2. The highest BCUT2D eigenvalue weighted by Crippen LogP contribution is 2.41. The number of carbonyl (C=O) groups is 5. The van der Waals surface area contributed by atoms with Crippen LogP contribution in [0.1, 0.15) is 78.1 Å². The summed E-state index contributed by atoms with van der Waals surface area (Å²) in [6.45, 7) is 16.6. The Kier molecular flexibility index (Phi) is 18.8. The number of aliphatic hydroxyl groups excluding tert-OH is 1. The molecule has 0 aliphatic carbocycles. The molecule has 62 heavy (non-hydrogen) atoms. The van der Waals surface area contributed by atoms with Crippen molar-refractivity contribution in [3.8, 4) is 11.1 Å². The molecule has 3 atom stereocenters. The predicted molar refractivity (Wildman–Crippen MR) is 236 cm³/mol. The van der Waals surface area contributed by atoms with E-state index in [1.54, 1.807) is 33.0 Å². The number of alkyl carbamates (subject to hydrolysis) is 1. The van der Waals surface area contributed by atoms with Gasteiger partial charge in [0.25, 0.3) is 0 Å². The molecule has 1 heterocycles. The number of hydrogen-bond donors (Lipinski definition) is 5. The van der Waals surface area contributed by atoms with Crippen LogP contribution in [0.4, 0.5) is 13.6 Å². The van der Waals surface area contributed by atoms with Gasteiger partial charge in [0.15, 0.2) is 0 Å². The van der Waals surface area contributed by atoms with Crippen molar-refractivity contribution in [3.63, 3.8) is 0 Å². The molecule has 3 aromatic rings. The molecule has 0 aliphatic rings. The summed E-state index contributed by atoms with van der Waals surface area (Å²) in [7, 11) is -1.57. The zero-order valence-corrected chi connectivity index (χ0v) is 38.6. The fraction of sp³-hybridized carbons (Fsp3) is 0.533. The zero-order chi connectivity index (χ0) is 46.4. The van der Waals surface area contributed by atoms with Gasteiger partial charge in [-0.1, -0.05) is 70.7 Å². The molecule has 0 saturated carbocycles. The number of ether oxygens (including phenoxy) is 2. The van der Waals surface area contributed by atoms with Gasteiger partial charge in [-0.25, -0.2) is 13.6 Å². The predicted octanol–water partition coefficient (Wildman–Crippen LogP) is 5.89. The third-order valence-electron chi connectivity index (χ3n) is 9.73. The van der Waals surface area contributed by atoms with Crippen molar-refractivity contribution >= 4 is 37.9 Å². The van der Waals surface area contributed by atoms with Crippen molar-refractivity contribution in [2.75, 3.05) is 32.8 Å². The largest absolute Gasteiger partial charge is 0.460 e. The summed E-state index contributed by atoms with van der Waals surface area (Å²) in [5.74, 6) is -3.57. The number of aromatic nitrogens is 1. The van der Waals surface area contributed by atoms with E-state index in [2.05, 4.69) is 35.6 Å². The van der Waals surface area contributed by atoms with Crippen LogP contribution >= 0.6 is 0 Å². The molecule has 14 nitrogen and oxygen atoms in total. The van der Waals surface area contributed by atoms with E-state index in [0.29, 0.717) is 23.8 Å². The first-order chi connectivity index (χ1) is 28.9. The first-order valence-electron chi connectivity index (χ1n) is 20.9. The number of nitrogens with one attached hydrogen (secondary N) is 3. The maximum absolute atomic E-state index is 15.2. The SMILES string of the molecule is CC(C)(C)OC(=O)CC[C@@H](N)C(=O)NCCNC(=O)[C@H](CCN(C(=O)CO)[C@@H](c1cc(-c2cc(F)ccc2F)cn1Cc1ccccc1)C(C)(C)C)NC(=O)OCC[Si](C)(C)C. The van der Waals surface area contributed by atoms with Gasteiger partial charge >= 0.3 is 12.1 Å². The van der Waals surface area contributed by atoms with E-state index >= 15 is 4.39 Å². The minimum Gasteiger partial charge on any atom is -0.460 e. The Bertz CT molecular complexity index is 1980. The number of hydrogen-bond acceptors (Lipinski definition) is 9. The van der Waals surface area contributed by atoms with Crippen LogP contribution in [0.15, 0.2) is 60.8 Å². The molecule has 0 unspecified atom stereocenters. The molecule has 6 N–H and O–H groups in total. The number of benzene rings is 2. The Morgan fingerprint density at radius 3 is 2.15 bits per heavy atom. The summed E-state index contributed by atoms with van der Waals surface area (Å²) in [5, 5.41) is 18.3. The number of nitrogens with two attached hydrogens (primary N) is 1. The Hall–Kier alpha value is -5.13. The lowest BCUT2D eigenvalue weighted by Gasteiger charge is -2.41. The lowest BCUT2D eigenvalue weighted by atomic mass is 9.82. The fourth-order valence-corrected chi connectivity index (χ4v) is 7.41. The molecule has 2 aromatic carbocycles. The van der Waals surface area contributed by atoms with Gasteiger partial charge in [-0.05, 0) is 74.9 Å². The summed E-state index contributed by atoms with van der Waals surface area (Å²) in [4.78, 5) is 66.8. The summed E-state index contributed by atoms with van der Waals surface area (Å²) < 4.78 is 42.3. The van der Waals surface area contributed by atoms with Crippen molar-refractivity contribution in [3.05, 3.63) is 83.7 Å². The van der Waals surface area contributed by atoms with E-state index in [9.17, 15) is 33.5 Å². The van der Waals surface area contributed by atoms with Gasteiger partial charge in [-0.3, -0.25) is 19.2 Å². The number of esters is 1. The van der Waals surface area contributed by atoms with E-state index in [-0.39, 0.29) is 51.1 Å². The maximum atomic E-state index is 15.2. The number of halogens is 2. The molecular weight excluding hydrogens is 819 g/mol. The molecule has 342 valence electrons. The van der Waals surface area contributed by atoms with E-state index < -0.39 is 85.2 Å². The molecule has 0 bridgehead atoms. The van der Waals surface area contributed by atoms with Gasteiger partial charge in [0, 0.05) is 63.7 Å². The smallest absolute Gasteiger partial charge is 0.407 e. The lowest BCUT2D eigenvalue weighted by Crippen LogP contribution is -2.51. The molecule has 0 aliphatic heterocycles. The average Bonchev–Trinajstić information content (AvgIpc) is 3.57. The van der Waals surface area contributed by atoms with Crippen LogP contribution in [0.5, 0.6) is 0 Å². The summed E-state index contributed by atoms with van der Waals surface area (Å²) in [6.07, 6.45) is 0.735. The van der Waals surface area contributed by atoms with Crippen LogP contribution < -0.4 is 21.7 Å². The standard InChI is InChI=1S/C45H66F2N6O8Si/c1-44(2,3)40(37-25-31(33-26-32(46)15-16-34(33)47)28-52(37)27-30-13-11-10-12-14-30)53(38(55)29-54)22-19-36(51-43(59)60-23-24-62(7,8)9)42(58)50-21-20-49-41(57)35(48)17-18-39(56)61-45(4,5)6/h10-16,25-26,28,35-36,40,54H,17-24,27,29,48H2,1-9H3,(H,49,57)(H,50,58)(H,51,59)/t35-,36+,40+/m1/s1. The molecule has 17 heteroatoms. The topological polar surface area (TPSA) is 194 Å². The van der Waals surface area contributed by atoms with Crippen LogP contribution in [-0.2, 0) is 35.2 Å². The monoisotopic (exact) mass is 884 g/mol. The maximum Gasteiger partial charge on any atom is 0.407 e. The molecule has 4 amide bonds.